The van der Waals surface area contributed by atoms with Crippen LogP contribution in [0, 0.1) is 17.1 Å². The minimum atomic E-state index is -0.235. The molecule has 0 bridgehead atoms. The van der Waals surface area contributed by atoms with Crippen LogP contribution in [0.25, 0.3) is 0 Å². The molecule has 6 heteroatoms. The Morgan fingerprint density at radius 2 is 1.93 bits per heavy atom. The molecule has 146 valence electrons. The molecule has 2 unspecified atom stereocenters. The van der Waals surface area contributed by atoms with E-state index in [-0.39, 0.29) is 30.4 Å². The van der Waals surface area contributed by atoms with E-state index in [0.717, 1.165) is 18.7 Å². The number of rotatable bonds is 5. The van der Waals surface area contributed by atoms with E-state index in [2.05, 4.69) is 17.9 Å². The highest BCUT2D eigenvalue weighted by Crippen LogP contribution is 2.19. The second-order valence-electron chi connectivity index (χ2n) is 7.23. The summed E-state index contributed by atoms with van der Waals surface area (Å²) in [6.45, 7) is 6.15. The Hall–Kier alpha value is -2.91. The molecule has 1 amide bonds. The molecule has 2 aromatic rings. The summed E-state index contributed by atoms with van der Waals surface area (Å²) in [5.74, 6) is 0.215. The van der Waals surface area contributed by atoms with Crippen molar-refractivity contribution in [1.82, 2.24) is 9.80 Å². The lowest BCUT2D eigenvalue weighted by Gasteiger charge is -2.44. The van der Waals surface area contributed by atoms with Crippen LogP contribution < -0.4 is 4.74 Å². The van der Waals surface area contributed by atoms with Crippen LogP contribution in [-0.2, 0) is 11.3 Å². The van der Waals surface area contributed by atoms with Crippen molar-refractivity contribution >= 4 is 5.91 Å². The molecule has 0 N–H and O–H groups in total. The summed E-state index contributed by atoms with van der Waals surface area (Å²) in [6.07, 6.45) is 0. The first kappa shape index (κ1) is 19.8. The van der Waals surface area contributed by atoms with Gasteiger partial charge >= 0.3 is 0 Å². The molecule has 2 atom stereocenters. The van der Waals surface area contributed by atoms with Gasteiger partial charge in [-0.2, -0.15) is 5.26 Å². The summed E-state index contributed by atoms with van der Waals surface area (Å²) in [4.78, 5) is 16.8. The second-order valence-corrected chi connectivity index (χ2v) is 7.23. The number of ether oxygens (including phenoxy) is 1. The maximum absolute atomic E-state index is 13.1. The van der Waals surface area contributed by atoms with Crippen LogP contribution in [0.4, 0.5) is 4.39 Å². The third kappa shape index (κ3) is 4.87. The number of piperazine rings is 1. The van der Waals surface area contributed by atoms with Crippen molar-refractivity contribution in [2.75, 3.05) is 19.7 Å². The Bertz CT molecular complexity index is 863. The number of hydrogen-bond donors (Lipinski definition) is 0. The van der Waals surface area contributed by atoms with E-state index in [9.17, 15) is 9.18 Å². The maximum Gasteiger partial charge on any atom is 0.260 e. The van der Waals surface area contributed by atoms with Crippen molar-refractivity contribution in [3.8, 4) is 11.8 Å². The molecule has 1 aliphatic heterocycles. The van der Waals surface area contributed by atoms with E-state index in [1.54, 1.807) is 36.4 Å². The highest BCUT2D eigenvalue weighted by Gasteiger charge is 2.32. The number of carbonyl (C=O) groups excluding carboxylic acids is 1. The lowest BCUT2D eigenvalue weighted by molar-refractivity contribution is -0.139. The minimum Gasteiger partial charge on any atom is -0.484 e. The summed E-state index contributed by atoms with van der Waals surface area (Å²) in [6, 6.07) is 15.6. The quantitative estimate of drug-likeness (QED) is 0.798. The largest absolute Gasteiger partial charge is 0.484 e. The van der Waals surface area contributed by atoms with Crippen LogP contribution in [0.15, 0.2) is 48.5 Å². The number of nitriles is 1. The van der Waals surface area contributed by atoms with Crippen molar-refractivity contribution in [2.24, 2.45) is 0 Å². The van der Waals surface area contributed by atoms with E-state index < -0.39 is 0 Å². The summed E-state index contributed by atoms with van der Waals surface area (Å²) >= 11 is 0. The van der Waals surface area contributed by atoms with Crippen LogP contribution in [0.2, 0.25) is 0 Å². The fraction of sp³-hybridized carbons (Fsp3) is 0.364. The highest BCUT2D eigenvalue weighted by molar-refractivity contribution is 5.78. The number of halogens is 1. The first-order valence-electron chi connectivity index (χ1n) is 9.37. The Balaban J connectivity index is 1.56. The van der Waals surface area contributed by atoms with Gasteiger partial charge in [0.1, 0.15) is 11.6 Å². The van der Waals surface area contributed by atoms with Crippen molar-refractivity contribution in [3.63, 3.8) is 0 Å². The third-order valence-corrected chi connectivity index (χ3v) is 5.06. The molecule has 1 fully saturated rings. The van der Waals surface area contributed by atoms with Gasteiger partial charge in [-0.05, 0) is 49.7 Å². The summed E-state index contributed by atoms with van der Waals surface area (Å²) in [5, 5.41) is 8.95. The topological polar surface area (TPSA) is 56.6 Å². The van der Waals surface area contributed by atoms with Gasteiger partial charge in [0.05, 0.1) is 11.6 Å². The Kier molecular flexibility index (Phi) is 6.27. The number of nitrogens with zero attached hydrogens (tertiary/aromatic N) is 3. The zero-order valence-electron chi connectivity index (χ0n) is 16.1. The van der Waals surface area contributed by atoms with Crippen LogP contribution >= 0.6 is 0 Å². The normalized spacial score (nSPS) is 19.9. The zero-order chi connectivity index (χ0) is 20.1. The van der Waals surface area contributed by atoms with Crippen molar-refractivity contribution in [1.29, 1.82) is 5.26 Å². The van der Waals surface area contributed by atoms with E-state index in [1.807, 2.05) is 11.8 Å². The molecule has 0 aliphatic carbocycles. The standard InChI is InChI=1S/C22H24FN3O2/c1-16-13-26(22(27)15-28-21-5-3-4-19(10-21)11-24)17(2)12-25(16)14-18-6-8-20(23)9-7-18/h3-10,16-17H,12-15H2,1-2H3. The van der Waals surface area contributed by atoms with Crippen molar-refractivity contribution < 1.29 is 13.9 Å². The summed E-state index contributed by atoms with van der Waals surface area (Å²) in [5.41, 5.74) is 1.56. The lowest BCUT2D eigenvalue weighted by atomic mass is 10.1. The van der Waals surface area contributed by atoms with Gasteiger partial charge in [-0.3, -0.25) is 9.69 Å². The lowest BCUT2D eigenvalue weighted by Crippen LogP contribution is -2.58. The second kappa shape index (κ2) is 8.85. The number of amides is 1. The first-order chi connectivity index (χ1) is 13.5. The molecule has 5 nitrogen and oxygen atoms in total. The van der Waals surface area contributed by atoms with Gasteiger partial charge in [0.25, 0.3) is 5.91 Å². The third-order valence-electron chi connectivity index (χ3n) is 5.06. The van der Waals surface area contributed by atoms with Gasteiger partial charge in [0.15, 0.2) is 6.61 Å². The van der Waals surface area contributed by atoms with Gasteiger partial charge < -0.3 is 9.64 Å². The van der Waals surface area contributed by atoms with Gasteiger partial charge in [-0.25, -0.2) is 4.39 Å². The van der Waals surface area contributed by atoms with Gasteiger partial charge in [0.2, 0.25) is 0 Å². The molecular formula is C22H24FN3O2. The summed E-state index contributed by atoms with van der Waals surface area (Å²) in [7, 11) is 0. The maximum atomic E-state index is 13.1. The number of benzene rings is 2. The van der Waals surface area contributed by atoms with Gasteiger partial charge in [-0.1, -0.05) is 18.2 Å². The van der Waals surface area contributed by atoms with Crippen LogP contribution in [0.3, 0.4) is 0 Å². The monoisotopic (exact) mass is 381 g/mol. The Morgan fingerprint density at radius 1 is 1.18 bits per heavy atom. The number of carbonyl (C=O) groups is 1. The van der Waals surface area contributed by atoms with E-state index in [4.69, 9.17) is 10.00 Å². The fourth-order valence-electron chi connectivity index (χ4n) is 3.47. The molecule has 2 aromatic carbocycles. The highest BCUT2D eigenvalue weighted by atomic mass is 19.1. The molecule has 0 radical (unpaired) electrons. The molecule has 1 saturated heterocycles. The molecule has 1 aliphatic rings. The van der Waals surface area contributed by atoms with E-state index >= 15 is 0 Å². The molecular weight excluding hydrogens is 357 g/mol. The van der Waals surface area contributed by atoms with Crippen LogP contribution in [-0.4, -0.2) is 47.5 Å². The first-order valence-corrected chi connectivity index (χ1v) is 9.37. The summed E-state index contributed by atoms with van der Waals surface area (Å²) < 4.78 is 18.7. The fourth-order valence-corrected chi connectivity index (χ4v) is 3.47. The minimum absolute atomic E-state index is 0.0517. The molecule has 0 spiro atoms. The molecule has 28 heavy (non-hydrogen) atoms. The van der Waals surface area contributed by atoms with Crippen molar-refractivity contribution in [2.45, 2.75) is 32.5 Å². The predicted octanol–water partition coefficient (Wildman–Crippen LogP) is 3.20. The SMILES string of the molecule is CC1CN(C(=O)COc2cccc(C#N)c2)C(C)CN1Cc1ccc(F)cc1. The average molecular weight is 381 g/mol. The molecule has 3 rings (SSSR count). The van der Waals surface area contributed by atoms with E-state index in [0.29, 0.717) is 17.9 Å². The molecule has 0 saturated carbocycles. The Labute approximate surface area is 164 Å². The van der Waals surface area contributed by atoms with Crippen LogP contribution in [0.5, 0.6) is 5.75 Å². The van der Waals surface area contributed by atoms with E-state index in [1.165, 1.54) is 12.1 Å². The molecule has 0 aromatic heterocycles. The Morgan fingerprint density at radius 3 is 2.64 bits per heavy atom. The van der Waals surface area contributed by atoms with Crippen molar-refractivity contribution in [3.05, 3.63) is 65.5 Å². The van der Waals surface area contributed by atoms with Gasteiger partial charge in [-0.15, -0.1) is 0 Å². The zero-order valence-corrected chi connectivity index (χ0v) is 16.1. The van der Waals surface area contributed by atoms with Gasteiger partial charge in [0, 0.05) is 31.7 Å². The smallest absolute Gasteiger partial charge is 0.260 e. The average Bonchev–Trinajstić information content (AvgIpc) is 2.70. The predicted molar refractivity (Wildman–Crippen MR) is 104 cm³/mol. The molecule has 1 heterocycles. The number of hydrogen-bond acceptors (Lipinski definition) is 4. The van der Waals surface area contributed by atoms with Crippen LogP contribution in [0.1, 0.15) is 25.0 Å².